The second kappa shape index (κ2) is 11.4. The first-order valence-electron chi connectivity index (χ1n) is 12.7. The Morgan fingerprint density at radius 1 is 0.975 bits per heavy atom. The van der Waals surface area contributed by atoms with Crippen LogP contribution in [-0.2, 0) is 16.2 Å². The first kappa shape index (κ1) is 26.7. The van der Waals surface area contributed by atoms with Crippen LogP contribution in [0.1, 0.15) is 25.0 Å². The largest absolute Gasteiger partial charge is 0.489 e. The maximum atomic E-state index is 13.3. The number of rotatable bonds is 7. The van der Waals surface area contributed by atoms with Crippen molar-refractivity contribution in [1.29, 1.82) is 5.26 Å². The van der Waals surface area contributed by atoms with E-state index in [0.717, 1.165) is 21.7 Å². The van der Waals surface area contributed by atoms with E-state index in [1.54, 1.807) is 24.6 Å². The van der Waals surface area contributed by atoms with Crippen molar-refractivity contribution in [3.05, 3.63) is 118 Å². The molecule has 7 nitrogen and oxygen atoms in total. The zero-order valence-corrected chi connectivity index (χ0v) is 22.7. The molecule has 198 valence electrons. The standard InChI is InChI=1S/C32H25ClN4O3/c1-3-36-31(38)27(21(2)28(18-34)32(36)39)17-24-19-37(25-10-5-4-6-11-25)35-30(24)22-13-15-26(16-14-22)40-20-23-9-7-8-12-29(23)33/h4-17,19H,3,20H2,1-2H3/b27-17+. The number of nitrogens with zero attached hydrogens (tertiary/aromatic N) is 4. The summed E-state index contributed by atoms with van der Waals surface area (Å²) in [7, 11) is 0. The van der Waals surface area contributed by atoms with Crippen molar-refractivity contribution in [2.24, 2.45) is 0 Å². The normalized spacial score (nSPS) is 14.6. The molecular weight excluding hydrogens is 524 g/mol. The van der Waals surface area contributed by atoms with Gasteiger partial charge in [-0.2, -0.15) is 10.4 Å². The topological polar surface area (TPSA) is 88.2 Å². The minimum Gasteiger partial charge on any atom is -0.489 e. The molecule has 0 bridgehead atoms. The van der Waals surface area contributed by atoms with Gasteiger partial charge in [0.15, 0.2) is 0 Å². The Hall–Kier alpha value is -4.93. The van der Waals surface area contributed by atoms with Gasteiger partial charge < -0.3 is 4.74 Å². The van der Waals surface area contributed by atoms with Crippen LogP contribution in [0.2, 0.25) is 5.02 Å². The molecule has 2 heterocycles. The number of hydrogen-bond acceptors (Lipinski definition) is 5. The number of amides is 2. The molecule has 0 saturated heterocycles. The van der Waals surface area contributed by atoms with Gasteiger partial charge in [-0.1, -0.05) is 48.0 Å². The first-order valence-corrected chi connectivity index (χ1v) is 13.1. The number of hydrogen-bond donors (Lipinski definition) is 0. The molecule has 3 aromatic carbocycles. The molecule has 1 aliphatic heterocycles. The summed E-state index contributed by atoms with van der Waals surface area (Å²) in [6.07, 6.45) is 3.53. The van der Waals surface area contributed by atoms with Crippen molar-refractivity contribution in [1.82, 2.24) is 14.7 Å². The summed E-state index contributed by atoms with van der Waals surface area (Å²) in [6.45, 7) is 3.83. The van der Waals surface area contributed by atoms with Gasteiger partial charge in [-0.05, 0) is 68.0 Å². The monoisotopic (exact) mass is 548 g/mol. The minimum absolute atomic E-state index is 0.0373. The van der Waals surface area contributed by atoms with Crippen molar-refractivity contribution in [2.45, 2.75) is 20.5 Å². The van der Waals surface area contributed by atoms with Crippen molar-refractivity contribution in [2.75, 3.05) is 6.54 Å². The molecular formula is C32H25ClN4O3. The number of likely N-dealkylation sites (N-methyl/N-ethyl adjacent to an activating group) is 1. The van der Waals surface area contributed by atoms with Crippen LogP contribution >= 0.6 is 11.6 Å². The minimum atomic E-state index is -0.572. The summed E-state index contributed by atoms with van der Waals surface area (Å²) < 4.78 is 7.68. The van der Waals surface area contributed by atoms with E-state index in [4.69, 9.17) is 21.4 Å². The average Bonchev–Trinajstić information content (AvgIpc) is 3.40. The number of nitriles is 1. The average molecular weight is 549 g/mol. The maximum absolute atomic E-state index is 13.3. The van der Waals surface area contributed by atoms with E-state index < -0.39 is 11.8 Å². The van der Waals surface area contributed by atoms with Crippen LogP contribution in [0, 0.1) is 11.3 Å². The molecule has 0 unspecified atom stereocenters. The van der Waals surface area contributed by atoms with Gasteiger partial charge in [-0.3, -0.25) is 14.5 Å². The second-order valence-electron chi connectivity index (χ2n) is 9.14. The maximum Gasteiger partial charge on any atom is 0.271 e. The fourth-order valence-corrected chi connectivity index (χ4v) is 4.68. The van der Waals surface area contributed by atoms with Gasteiger partial charge in [0.1, 0.15) is 24.0 Å². The van der Waals surface area contributed by atoms with Crippen molar-refractivity contribution in [3.8, 4) is 28.8 Å². The summed E-state index contributed by atoms with van der Waals surface area (Å²) in [5, 5.41) is 15.1. The highest BCUT2D eigenvalue weighted by molar-refractivity contribution is 6.31. The highest BCUT2D eigenvalue weighted by atomic mass is 35.5. The predicted molar refractivity (Wildman–Crippen MR) is 153 cm³/mol. The molecule has 2 amide bonds. The van der Waals surface area contributed by atoms with Gasteiger partial charge in [0.2, 0.25) is 0 Å². The quantitative estimate of drug-likeness (QED) is 0.197. The molecule has 4 aromatic rings. The molecule has 1 aliphatic rings. The number of aromatic nitrogens is 2. The van der Waals surface area contributed by atoms with Crippen LogP contribution in [0.4, 0.5) is 0 Å². The number of imide groups is 1. The molecule has 0 radical (unpaired) electrons. The molecule has 0 fully saturated rings. The van der Waals surface area contributed by atoms with Gasteiger partial charge in [-0.25, -0.2) is 4.68 Å². The van der Waals surface area contributed by atoms with Crippen molar-refractivity contribution < 1.29 is 14.3 Å². The van der Waals surface area contributed by atoms with Crippen LogP contribution in [-0.4, -0.2) is 33.0 Å². The zero-order valence-electron chi connectivity index (χ0n) is 22.0. The lowest BCUT2D eigenvalue weighted by Gasteiger charge is -2.26. The summed E-state index contributed by atoms with van der Waals surface area (Å²) in [6, 6.07) is 26.6. The van der Waals surface area contributed by atoms with E-state index in [1.165, 1.54) is 0 Å². The molecule has 40 heavy (non-hydrogen) atoms. The van der Waals surface area contributed by atoms with Crippen LogP contribution in [0.5, 0.6) is 5.75 Å². The fourth-order valence-electron chi connectivity index (χ4n) is 4.49. The molecule has 1 aromatic heterocycles. The molecule has 0 atom stereocenters. The summed E-state index contributed by atoms with van der Waals surface area (Å²) in [4.78, 5) is 27.0. The molecule has 5 rings (SSSR count). The highest BCUT2D eigenvalue weighted by Gasteiger charge is 2.34. The van der Waals surface area contributed by atoms with Crippen molar-refractivity contribution >= 4 is 29.5 Å². The van der Waals surface area contributed by atoms with E-state index in [0.29, 0.717) is 34.2 Å². The number of ether oxygens (including phenoxy) is 1. The Morgan fingerprint density at radius 3 is 2.35 bits per heavy atom. The molecule has 0 spiro atoms. The van der Waals surface area contributed by atoms with E-state index in [1.807, 2.05) is 91.1 Å². The van der Waals surface area contributed by atoms with Crippen LogP contribution in [0.3, 0.4) is 0 Å². The van der Waals surface area contributed by atoms with Crippen LogP contribution in [0.25, 0.3) is 23.0 Å². The number of benzene rings is 3. The smallest absolute Gasteiger partial charge is 0.271 e. The van der Waals surface area contributed by atoms with E-state index in [2.05, 4.69) is 0 Å². The lowest BCUT2D eigenvalue weighted by Crippen LogP contribution is -2.42. The third-order valence-corrected chi connectivity index (χ3v) is 7.05. The molecule has 0 N–H and O–H groups in total. The van der Waals surface area contributed by atoms with Gasteiger partial charge in [0.25, 0.3) is 11.8 Å². The SMILES string of the molecule is CCN1C(=O)C(C#N)=C(C)/C(=C\c2cn(-c3ccccc3)nc2-c2ccc(OCc3ccccc3Cl)cc2)C1=O. The highest BCUT2D eigenvalue weighted by Crippen LogP contribution is 2.32. The third kappa shape index (κ3) is 5.18. The second-order valence-corrected chi connectivity index (χ2v) is 9.55. The Balaban J connectivity index is 1.55. The Kier molecular flexibility index (Phi) is 7.63. The number of halogens is 1. The fraction of sp³-hybridized carbons (Fsp3) is 0.125. The summed E-state index contributed by atoms with van der Waals surface area (Å²) in [5.74, 6) is -0.342. The van der Waals surface area contributed by atoms with E-state index in [9.17, 15) is 14.9 Å². The number of carbonyl (C=O) groups is 2. The van der Waals surface area contributed by atoms with Gasteiger partial charge in [0.05, 0.1) is 11.4 Å². The van der Waals surface area contributed by atoms with Crippen molar-refractivity contribution in [3.63, 3.8) is 0 Å². The molecule has 8 heteroatoms. The van der Waals surface area contributed by atoms with Crippen LogP contribution < -0.4 is 4.74 Å². The Labute approximate surface area is 237 Å². The lowest BCUT2D eigenvalue weighted by molar-refractivity contribution is -0.140. The predicted octanol–water partition coefficient (Wildman–Crippen LogP) is 6.38. The number of para-hydroxylation sites is 1. The van der Waals surface area contributed by atoms with Crippen LogP contribution in [0.15, 0.2) is 102 Å². The van der Waals surface area contributed by atoms with Gasteiger partial charge >= 0.3 is 0 Å². The third-order valence-electron chi connectivity index (χ3n) is 6.68. The summed E-state index contributed by atoms with van der Waals surface area (Å²) >= 11 is 6.25. The van der Waals surface area contributed by atoms with E-state index in [-0.39, 0.29) is 17.7 Å². The van der Waals surface area contributed by atoms with E-state index >= 15 is 0 Å². The molecule has 0 aliphatic carbocycles. The first-order chi connectivity index (χ1) is 19.4. The molecule has 0 saturated carbocycles. The Morgan fingerprint density at radius 2 is 1.68 bits per heavy atom. The Bertz CT molecular complexity index is 1700. The van der Waals surface area contributed by atoms with Gasteiger partial charge in [-0.15, -0.1) is 0 Å². The number of carbonyl (C=O) groups excluding carboxylic acids is 2. The summed E-state index contributed by atoms with van der Waals surface area (Å²) in [5.41, 5.74) is 4.44. The lowest BCUT2D eigenvalue weighted by atomic mass is 9.93. The van der Waals surface area contributed by atoms with Gasteiger partial charge in [0, 0.05) is 40.0 Å². The zero-order chi connectivity index (χ0) is 28.2.